The molecule has 3 rings (SSSR count). The number of carbonyl (C=O) groups is 1. The average molecular weight is 343 g/mol. The van der Waals surface area contributed by atoms with Crippen LogP contribution < -0.4 is 5.32 Å². The summed E-state index contributed by atoms with van der Waals surface area (Å²) in [4.78, 5) is 20.7. The highest BCUT2D eigenvalue weighted by atomic mass is 32.1. The smallest absolute Gasteiger partial charge is 0.273 e. The fraction of sp³-hybridized carbons (Fsp3) is 0.333. The molecule has 1 aromatic carbocycles. The summed E-state index contributed by atoms with van der Waals surface area (Å²) in [5.74, 6) is -0.214. The zero-order valence-electron chi connectivity index (χ0n) is 14.0. The van der Waals surface area contributed by atoms with Crippen molar-refractivity contribution in [3.63, 3.8) is 0 Å². The van der Waals surface area contributed by atoms with E-state index in [2.05, 4.69) is 48.2 Å². The fourth-order valence-corrected chi connectivity index (χ4v) is 3.27. The van der Waals surface area contributed by atoms with Crippen molar-refractivity contribution in [3.8, 4) is 0 Å². The van der Waals surface area contributed by atoms with Crippen molar-refractivity contribution >= 4 is 33.3 Å². The van der Waals surface area contributed by atoms with Crippen LogP contribution in [-0.4, -0.2) is 27.6 Å². The fourth-order valence-electron chi connectivity index (χ4n) is 2.48. The maximum absolute atomic E-state index is 12.4. The number of hydrogen-bond donors (Lipinski definition) is 3. The molecule has 3 N–H and O–H groups in total. The van der Waals surface area contributed by atoms with Crippen LogP contribution in [0.1, 0.15) is 41.7 Å². The molecule has 5 nitrogen and oxygen atoms in total. The number of benzene rings is 1. The number of aliphatic hydroxyl groups excluding tert-OH is 1. The maximum Gasteiger partial charge on any atom is 0.273 e. The predicted octanol–water partition coefficient (Wildman–Crippen LogP) is 3.71. The van der Waals surface area contributed by atoms with Gasteiger partial charge in [0.25, 0.3) is 5.91 Å². The number of anilines is 1. The molecule has 126 valence electrons. The lowest BCUT2D eigenvalue weighted by Crippen LogP contribution is -2.11. The van der Waals surface area contributed by atoms with Gasteiger partial charge in [-0.15, -0.1) is 11.3 Å². The molecular weight excluding hydrogens is 322 g/mol. The molecule has 0 atom stereocenters. The number of thiazole rings is 1. The van der Waals surface area contributed by atoms with Gasteiger partial charge in [0, 0.05) is 35.0 Å². The van der Waals surface area contributed by atoms with Crippen LogP contribution in [0.4, 0.5) is 5.13 Å². The lowest BCUT2D eigenvalue weighted by Gasteiger charge is -2.18. The summed E-state index contributed by atoms with van der Waals surface area (Å²) >= 11 is 1.38. The Bertz CT molecular complexity index is 874. The number of aromatic amines is 1. The Morgan fingerprint density at radius 2 is 2.12 bits per heavy atom. The topological polar surface area (TPSA) is 78.0 Å². The molecule has 0 spiro atoms. The standard InChI is InChI=1S/C18H21N3O2S/c1-18(2,3)12-4-5-14-11(8-12)9-15(20-14)16(23)21-17-19-10-13(24-17)6-7-22/h4-5,8-10,20,22H,6-7H2,1-3H3,(H,19,21,23). The average Bonchev–Trinajstić information content (AvgIpc) is 3.12. The van der Waals surface area contributed by atoms with E-state index in [1.165, 1.54) is 16.9 Å². The third kappa shape index (κ3) is 3.49. The van der Waals surface area contributed by atoms with Crippen molar-refractivity contribution in [3.05, 3.63) is 46.6 Å². The van der Waals surface area contributed by atoms with Crippen molar-refractivity contribution < 1.29 is 9.90 Å². The normalized spacial score (nSPS) is 11.8. The Kier molecular flexibility index (Phi) is 4.43. The van der Waals surface area contributed by atoms with Gasteiger partial charge in [0.15, 0.2) is 5.13 Å². The minimum atomic E-state index is -0.214. The van der Waals surface area contributed by atoms with Crippen LogP contribution in [-0.2, 0) is 11.8 Å². The van der Waals surface area contributed by atoms with Crippen LogP contribution in [0, 0.1) is 0 Å². The van der Waals surface area contributed by atoms with Crippen LogP contribution in [0.5, 0.6) is 0 Å². The molecule has 0 aliphatic heterocycles. The van der Waals surface area contributed by atoms with E-state index in [-0.39, 0.29) is 17.9 Å². The number of aromatic nitrogens is 2. The van der Waals surface area contributed by atoms with Crippen LogP contribution in [0.15, 0.2) is 30.5 Å². The van der Waals surface area contributed by atoms with E-state index in [0.717, 1.165) is 15.8 Å². The van der Waals surface area contributed by atoms with Gasteiger partial charge in [0.1, 0.15) is 5.69 Å². The third-order valence-corrected chi connectivity index (χ3v) is 4.84. The molecule has 0 saturated heterocycles. The van der Waals surface area contributed by atoms with Crippen molar-refractivity contribution in [2.45, 2.75) is 32.6 Å². The number of aliphatic hydroxyl groups is 1. The summed E-state index contributed by atoms with van der Waals surface area (Å²) in [6, 6.07) is 8.07. The van der Waals surface area contributed by atoms with Crippen molar-refractivity contribution in [2.75, 3.05) is 11.9 Å². The lowest BCUT2D eigenvalue weighted by molar-refractivity contribution is 0.102. The molecule has 0 unspecified atom stereocenters. The second-order valence-corrected chi connectivity index (χ2v) is 7.91. The summed E-state index contributed by atoms with van der Waals surface area (Å²) in [6.07, 6.45) is 2.23. The Labute approximate surface area is 144 Å². The van der Waals surface area contributed by atoms with Gasteiger partial charge in [0.05, 0.1) is 0 Å². The van der Waals surface area contributed by atoms with E-state index < -0.39 is 0 Å². The molecule has 2 heterocycles. The third-order valence-electron chi connectivity index (χ3n) is 3.86. The van der Waals surface area contributed by atoms with E-state index in [4.69, 9.17) is 5.11 Å². The lowest BCUT2D eigenvalue weighted by atomic mass is 9.86. The van der Waals surface area contributed by atoms with Gasteiger partial charge in [-0.05, 0) is 29.2 Å². The first-order valence-corrected chi connectivity index (χ1v) is 8.68. The summed E-state index contributed by atoms with van der Waals surface area (Å²) in [7, 11) is 0. The number of rotatable bonds is 4. The summed E-state index contributed by atoms with van der Waals surface area (Å²) < 4.78 is 0. The molecular formula is C18H21N3O2S. The SMILES string of the molecule is CC(C)(C)c1ccc2[nH]c(C(=O)Nc3ncc(CCO)s3)cc2c1. The van der Waals surface area contributed by atoms with Gasteiger partial charge >= 0.3 is 0 Å². The van der Waals surface area contributed by atoms with E-state index >= 15 is 0 Å². The zero-order chi connectivity index (χ0) is 17.3. The van der Waals surface area contributed by atoms with Crippen LogP contribution in [0.3, 0.4) is 0 Å². The Hall–Kier alpha value is -2.18. The molecule has 2 aromatic heterocycles. The van der Waals surface area contributed by atoms with Crippen molar-refractivity contribution in [1.82, 2.24) is 9.97 Å². The Morgan fingerprint density at radius 3 is 2.83 bits per heavy atom. The minimum absolute atomic E-state index is 0.0673. The Morgan fingerprint density at radius 1 is 1.33 bits per heavy atom. The number of nitrogens with one attached hydrogen (secondary N) is 2. The van der Waals surface area contributed by atoms with E-state index in [9.17, 15) is 4.79 Å². The first-order valence-electron chi connectivity index (χ1n) is 7.87. The maximum atomic E-state index is 12.4. The molecule has 6 heteroatoms. The molecule has 0 aliphatic carbocycles. The molecule has 0 bridgehead atoms. The van der Waals surface area contributed by atoms with Gasteiger partial charge in [-0.1, -0.05) is 26.8 Å². The number of nitrogens with zero attached hydrogens (tertiary/aromatic N) is 1. The van der Waals surface area contributed by atoms with Gasteiger partial charge in [-0.3, -0.25) is 10.1 Å². The number of fused-ring (bicyclic) bond motifs is 1. The van der Waals surface area contributed by atoms with Gasteiger partial charge in [-0.25, -0.2) is 4.98 Å². The molecule has 0 fully saturated rings. The molecule has 1 amide bonds. The summed E-state index contributed by atoms with van der Waals surface area (Å²) in [5.41, 5.74) is 2.75. The summed E-state index contributed by atoms with van der Waals surface area (Å²) in [6.45, 7) is 6.58. The highest BCUT2D eigenvalue weighted by molar-refractivity contribution is 7.15. The second-order valence-electron chi connectivity index (χ2n) is 6.79. The first kappa shape index (κ1) is 16.7. The molecule has 24 heavy (non-hydrogen) atoms. The first-order chi connectivity index (χ1) is 11.4. The number of carbonyl (C=O) groups excluding carboxylic acids is 1. The van der Waals surface area contributed by atoms with E-state index in [1.807, 2.05) is 12.1 Å². The van der Waals surface area contributed by atoms with Crippen LogP contribution >= 0.6 is 11.3 Å². The van der Waals surface area contributed by atoms with Crippen LogP contribution in [0.2, 0.25) is 0 Å². The van der Waals surface area contributed by atoms with Crippen LogP contribution in [0.25, 0.3) is 10.9 Å². The van der Waals surface area contributed by atoms with Crippen molar-refractivity contribution in [2.24, 2.45) is 0 Å². The highest BCUT2D eigenvalue weighted by Crippen LogP contribution is 2.27. The van der Waals surface area contributed by atoms with E-state index in [0.29, 0.717) is 17.2 Å². The largest absolute Gasteiger partial charge is 0.396 e. The minimum Gasteiger partial charge on any atom is -0.396 e. The molecule has 3 aromatic rings. The quantitative estimate of drug-likeness (QED) is 0.676. The molecule has 0 radical (unpaired) electrons. The Balaban J connectivity index is 1.81. The molecule has 0 saturated carbocycles. The second kappa shape index (κ2) is 6.37. The number of amides is 1. The van der Waals surface area contributed by atoms with Gasteiger partial charge in [0.2, 0.25) is 0 Å². The summed E-state index contributed by atoms with van der Waals surface area (Å²) in [5, 5.41) is 13.3. The monoisotopic (exact) mass is 343 g/mol. The van der Waals surface area contributed by atoms with Gasteiger partial charge < -0.3 is 10.1 Å². The van der Waals surface area contributed by atoms with Crippen molar-refractivity contribution in [1.29, 1.82) is 0 Å². The number of hydrogen-bond acceptors (Lipinski definition) is 4. The highest BCUT2D eigenvalue weighted by Gasteiger charge is 2.16. The molecule has 0 aliphatic rings. The predicted molar refractivity (Wildman–Crippen MR) is 97.9 cm³/mol. The number of H-pyrrole nitrogens is 1. The zero-order valence-corrected chi connectivity index (χ0v) is 14.8. The van der Waals surface area contributed by atoms with E-state index in [1.54, 1.807) is 6.20 Å². The van der Waals surface area contributed by atoms with Gasteiger partial charge in [-0.2, -0.15) is 0 Å².